The summed E-state index contributed by atoms with van der Waals surface area (Å²) in [4.78, 5) is 10.8. The maximum absolute atomic E-state index is 10.8. The van der Waals surface area contributed by atoms with E-state index in [4.69, 9.17) is 5.11 Å². The van der Waals surface area contributed by atoms with Crippen LogP contribution in [0.15, 0.2) is 30.4 Å². The molecule has 0 spiro atoms. The van der Waals surface area contributed by atoms with E-state index in [9.17, 15) is 4.79 Å². The third kappa shape index (κ3) is 1.35. The van der Waals surface area contributed by atoms with E-state index in [0.29, 0.717) is 5.56 Å². The molecule has 0 atom stereocenters. The smallest absolute Gasteiger partial charge is 0.335 e. The maximum atomic E-state index is 10.8. The van der Waals surface area contributed by atoms with E-state index < -0.39 is 5.97 Å². The van der Waals surface area contributed by atoms with E-state index >= 15 is 0 Å². The lowest BCUT2D eigenvalue weighted by Gasteiger charge is -2.12. The van der Waals surface area contributed by atoms with Gasteiger partial charge >= 0.3 is 5.97 Å². The molecule has 2 rings (SSSR count). The molecule has 1 aromatic carbocycles. The molecule has 0 aliphatic heterocycles. The molecule has 0 aromatic heterocycles. The zero-order valence-electron chi connectivity index (χ0n) is 7.16. The van der Waals surface area contributed by atoms with Gasteiger partial charge in [-0.15, -0.1) is 0 Å². The molecule has 0 radical (unpaired) electrons. The summed E-state index contributed by atoms with van der Waals surface area (Å²) in [5.74, 6) is -0.827. The standard InChI is InChI=1S/C11H10O2/c12-11(13)10-7-3-5-8-4-1-2-6-9(8)10/h1-3,5,7H,4,6H2,(H,12,13). The van der Waals surface area contributed by atoms with Crippen molar-refractivity contribution in [3.8, 4) is 0 Å². The Morgan fingerprint density at radius 2 is 2.00 bits per heavy atom. The minimum Gasteiger partial charge on any atom is -0.478 e. The molecule has 1 aliphatic rings. The highest BCUT2D eigenvalue weighted by Gasteiger charge is 2.13. The molecule has 66 valence electrons. The van der Waals surface area contributed by atoms with Gasteiger partial charge in [0, 0.05) is 0 Å². The molecular weight excluding hydrogens is 164 g/mol. The van der Waals surface area contributed by atoms with Crippen molar-refractivity contribution in [3.63, 3.8) is 0 Å². The Morgan fingerprint density at radius 1 is 1.23 bits per heavy atom. The summed E-state index contributed by atoms with van der Waals surface area (Å²) in [7, 11) is 0. The Balaban J connectivity index is 2.55. The molecule has 0 bridgehead atoms. The van der Waals surface area contributed by atoms with Crippen molar-refractivity contribution in [1.82, 2.24) is 0 Å². The summed E-state index contributed by atoms with van der Waals surface area (Å²) in [6.45, 7) is 0. The molecule has 0 heterocycles. The second kappa shape index (κ2) is 3.05. The molecular formula is C11H10O2. The molecule has 0 unspecified atom stereocenters. The molecule has 1 aromatic rings. The van der Waals surface area contributed by atoms with Crippen molar-refractivity contribution in [3.05, 3.63) is 47.0 Å². The average molecular weight is 174 g/mol. The summed E-state index contributed by atoms with van der Waals surface area (Å²) in [5.41, 5.74) is 2.56. The van der Waals surface area contributed by atoms with Crippen LogP contribution in [0.2, 0.25) is 0 Å². The summed E-state index contributed by atoms with van der Waals surface area (Å²) < 4.78 is 0. The lowest BCUT2D eigenvalue weighted by Crippen LogP contribution is -2.07. The first-order valence-electron chi connectivity index (χ1n) is 4.28. The van der Waals surface area contributed by atoms with Crippen molar-refractivity contribution < 1.29 is 9.90 Å². The molecule has 0 fully saturated rings. The highest BCUT2D eigenvalue weighted by Crippen LogP contribution is 2.20. The second-order valence-electron chi connectivity index (χ2n) is 3.13. The van der Waals surface area contributed by atoms with Crippen molar-refractivity contribution >= 4 is 5.97 Å². The first-order valence-corrected chi connectivity index (χ1v) is 4.28. The molecule has 2 nitrogen and oxygen atoms in total. The van der Waals surface area contributed by atoms with Crippen LogP contribution in [0.1, 0.15) is 21.5 Å². The van der Waals surface area contributed by atoms with Crippen LogP contribution in [0.5, 0.6) is 0 Å². The van der Waals surface area contributed by atoms with Crippen molar-refractivity contribution in [2.24, 2.45) is 0 Å². The summed E-state index contributed by atoms with van der Waals surface area (Å²) in [5, 5.41) is 8.92. The molecule has 0 amide bonds. The first-order chi connectivity index (χ1) is 6.29. The predicted molar refractivity (Wildman–Crippen MR) is 49.9 cm³/mol. The largest absolute Gasteiger partial charge is 0.478 e. The normalized spacial score (nSPS) is 13.8. The number of carboxylic acid groups (broad SMARTS) is 1. The van der Waals surface area contributed by atoms with Gasteiger partial charge in [-0.3, -0.25) is 0 Å². The van der Waals surface area contributed by atoms with Crippen molar-refractivity contribution in [1.29, 1.82) is 0 Å². The average Bonchev–Trinajstić information content (AvgIpc) is 2.17. The highest BCUT2D eigenvalue weighted by atomic mass is 16.4. The van der Waals surface area contributed by atoms with Gasteiger partial charge in [-0.25, -0.2) is 4.79 Å². The lowest BCUT2D eigenvalue weighted by molar-refractivity contribution is 0.0695. The molecule has 0 saturated heterocycles. The maximum Gasteiger partial charge on any atom is 0.335 e. The Hall–Kier alpha value is -1.57. The van der Waals surface area contributed by atoms with Gasteiger partial charge in [0.15, 0.2) is 0 Å². The summed E-state index contributed by atoms with van der Waals surface area (Å²) in [6.07, 6.45) is 5.71. The van der Waals surface area contributed by atoms with E-state index in [2.05, 4.69) is 6.08 Å². The van der Waals surface area contributed by atoms with Gasteiger partial charge in [-0.05, 0) is 30.0 Å². The third-order valence-electron chi connectivity index (χ3n) is 2.33. The Kier molecular flexibility index (Phi) is 1.89. The summed E-state index contributed by atoms with van der Waals surface area (Å²) >= 11 is 0. The monoisotopic (exact) mass is 174 g/mol. The number of carboxylic acids is 1. The number of fused-ring (bicyclic) bond motifs is 1. The predicted octanol–water partition coefficient (Wildman–Crippen LogP) is 2.04. The van der Waals surface area contributed by atoms with Gasteiger partial charge in [0.2, 0.25) is 0 Å². The number of hydrogen-bond donors (Lipinski definition) is 1. The minimum absolute atomic E-state index is 0.446. The van der Waals surface area contributed by atoms with E-state index in [1.54, 1.807) is 12.1 Å². The highest BCUT2D eigenvalue weighted by molar-refractivity contribution is 5.90. The Labute approximate surface area is 76.5 Å². The van der Waals surface area contributed by atoms with Crippen molar-refractivity contribution in [2.75, 3.05) is 0 Å². The zero-order valence-corrected chi connectivity index (χ0v) is 7.16. The molecule has 0 saturated carbocycles. The lowest BCUT2D eigenvalue weighted by atomic mass is 9.92. The fourth-order valence-corrected chi connectivity index (χ4v) is 1.68. The van der Waals surface area contributed by atoms with Crippen LogP contribution in [0, 0.1) is 0 Å². The van der Waals surface area contributed by atoms with Crippen LogP contribution in [-0.4, -0.2) is 11.1 Å². The van der Waals surface area contributed by atoms with Crippen LogP contribution in [0.4, 0.5) is 0 Å². The van der Waals surface area contributed by atoms with Crippen molar-refractivity contribution in [2.45, 2.75) is 12.8 Å². The van der Waals surface area contributed by atoms with Gasteiger partial charge in [0.1, 0.15) is 0 Å². The topological polar surface area (TPSA) is 37.3 Å². The van der Waals surface area contributed by atoms with Gasteiger partial charge in [-0.1, -0.05) is 24.3 Å². The number of allylic oxidation sites excluding steroid dienone is 2. The van der Waals surface area contributed by atoms with Gasteiger partial charge in [-0.2, -0.15) is 0 Å². The number of hydrogen-bond acceptors (Lipinski definition) is 1. The van der Waals surface area contributed by atoms with E-state index in [1.807, 2.05) is 12.1 Å². The Bertz CT molecular complexity index is 378. The number of benzene rings is 1. The SMILES string of the molecule is O=C(O)c1cccc2c1CC=CC2. The summed E-state index contributed by atoms with van der Waals surface area (Å²) in [6, 6.07) is 5.47. The third-order valence-corrected chi connectivity index (χ3v) is 2.33. The fraction of sp³-hybridized carbons (Fsp3) is 0.182. The van der Waals surface area contributed by atoms with Crippen LogP contribution >= 0.6 is 0 Å². The minimum atomic E-state index is -0.827. The number of carbonyl (C=O) groups is 1. The van der Waals surface area contributed by atoms with Crippen LogP contribution < -0.4 is 0 Å². The van der Waals surface area contributed by atoms with Crippen LogP contribution in [-0.2, 0) is 12.8 Å². The number of aromatic carboxylic acids is 1. The quantitative estimate of drug-likeness (QED) is 0.661. The van der Waals surface area contributed by atoms with E-state index in [-0.39, 0.29) is 0 Å². The van der Waals surface area contributed by atoms with Gasteiger partial charge in [0.25, 0.3) is 0 Å². The molecule has 13 heavy (non-hydrogen) atoms. The zero-order chi connectivity index (χ0) is 9.26. The second-order valence-corrected chi connectivity index (χ2v) is 3.13. The first kappa shape index (κ1) is 8.05. The van der Waals surface area contributed by atoms with Crippen LogP contribution in [0.3, 0.4) is 0 Å². The number of rotatable bonds is 1. The van der Waals surface area contributed by atoms with Gasteiger partial charge in [0.05, 0.1) is 5.56 Å². The van der Waals surface area contributed by atoms with E-state index in [0.717, 1.165) is 24.0 Å². The van der Waals surface area contributed by atoms with Crippen LogP contribution in [0.25, 0.3) is 0 Å². The molecule has 2 heteroatoms. The van der Waals surface area contributed by atoms with Gasteiger partial charge < -0.3 is 5.11 Å². The fourth-order valence-electron chi connectivity index (χ4n) is 1.68. The van der Waals surface area contributed by atoms with E-state index in [1.165, 1.54) is 0 Å². The Morgan fingerprint density at radius 3 is 2.77 bits per heavy atom. The molecule has 1 N–H and O–H groups in total. The molecule has 1 aliphatic carbocycles.